The molecule has 1 unspecified atom stereocenters. The zero-order valence-electron chi connectivity index (χ0n) is 16.2. The van der Waals surface area contributed by atoms with Crippen molar-refractivity contribution >= 4 is 36.0 Å². The van der Waals surface area contributed by atoms with Crippen LogP contribution in [0, 0.1) is 0 Å². The fraction of sp³-hybridized carbons (Fsp3) is 0.400. The van der Waals surface area contributed by atoms with Gasteiger partial charge in [-0.3, -0.25) is 19.3 Å². The van der Waals surface area contributed by atoms with Gasteiger partial charge in [-0.2, -0.15) is 0 Å². The van der Waals surface area contributed by atoms with Crippen LogP contribution in [0.3, 0.4) is 0 Å². The van der Waals surface area contributed by atoms with E-state index in [4.69, 9.17) is 0 Å². The van der Waals surface area contributed by atoms with Gasteiger partial charge in [0, 0.05) is 5.75 Å². The van der Waals surface area contributed by atoms with Crippen molar-refractivity contribution in [3.63, 3.8) is 0 Å². The Morgan fingerprint density at radius 3 is 2.45 bits per heavy atom. The Hall–Kier alpha value is -2.81. The Kier molecular flexibility index (Phi) is 4.45. The van der Waals surface area contributed by atoms with E-state index in [-0.39, 0.29) is 11.6 Å². The molecule has 0 spiro atoms. The topological polar surface area (TPSA) is 98.2 Å². The summed E-state index contributed by atoms with van der Waals surface area (Å²) in [7, 11) is 0. The van der Waals surface area contributed by atoms with E-state index in [1.165, 1.54) is 26.5 Å². The molecule has 3 atom stereocenters. The predicted molar refractivity (Wildman–Crippen MR) is 105 cm³/mol. The van der Waals surface area contributed by atoms with E-state index in [1.807, 2.05) is 6.07 Å². The molecule has 152 valence electrons. The molecule has 8 nitrogen and oxygen atoms in total. The van der Waals surface area contributed by atoms with Gasteiger partial charge in [-0.05, 0) is 31.9 Å². The van der Waals surface area contributed by atoms with Crippen molar-refractivity contribution in [2.24, 2.45) is 0 Å². The van der Waals surface area contributed by atoms with Crippen LogP contribution in [0.5, 0.6) is 0 Å². The average Bonchev–Trinajstić information content (AvgIpc) is 2.88. The van der Waals surface area contributed by atoms with Crippen molar-refractivity contribution < 1.29 is 24.3 Å². The highest BCUT2D eigenvalue weighted by atomic mass is 32.2. The summed E-state index contributed by atoms with van der Waals surface area (Å²) in [6, 6.07) is 7.32. The van der Waals surface area contributed by atoms with Gasteiger partial charge in [0.1, 0.15) is 28.8 Å². The number of carbonyl (C=O) groups excluding carboxylic acids is 3. The number of benzene rings is 1. The van der Waals surface area contributed by atoms with Gasteiger partial charge >= 0.3 is 5.97 Å². The number of carboxylic acids is 1. The lowest BCUT2D eigenvalue weighted by molar-refractivity contribution is -0.164. The van der Waals surface area contributed by atoms with Gasteiger partial charge in [0.25, 0.3) is 11.8 Å². The van der Waals surface area contributed by atoms with Crippen molar-refractivity contribution in [1.82, 2.24) is 14.7 Å². The number of carbonyl (C=O) groups is 4. The molecule has 0 bridgehead atoms. The highest BCUT2D eigenvalue weighted by Crippen LogP contribution is 2.48. The molecule has 0 radical (unpaired) electrons. The normalized spacial score (nSPS) is 28.4. The molecule has 1 aromatic carbocycles. The summed E-state index contributed by atoms with van der Waals surface area (Å²) < 4.78 is 0. The number of rotatable bonds is 4. The number of aliphatic carboxylic acids is 1. The molecule has 3 amide bonds. The van der Waals surface area contributed by atoms with Crippen LogP contribution in [0.1, 0.15) is 32.4 Å². The smallest absolute Gasteiger partial charge is 0.352 e. The highest BCUT2D eigenvalue weighted by Gasteiger charge is 2.64. The first-order valence-electron chi connectivity index (χ1n) is 9.21. The maximum atomic E-state index is 13.4. The van der Waals surface area contributed by atoms with Gasteiger partial charge in [0.05, 0.1) is 0 Å². The molecule has 3 aliphatic rings. The van der Waals surface area contributed by atoms with Crippen LogP contribution < -0.4 is 0 Å². The minimum atomic E-state index is -1.15. The molecule has 2 saturated heterocycles. The molecule has 9 heteroatoms. The molecule has 3 heterocycles. The standard InChI is InChI=1S/C20H21N3O5S/c1-11-9-29-18-15(16(25)22(18)13(11)19(27)28)23-17(26)14(12-7-5-4-6-8-12)21(10-24)20(23,2)3/h4-8,10,14-15,18H,9H2,1-3H3,(H,27,28)/t14-,15?,18-/m1/s1. The number of nitrogens with zero attached hydrogens (tertiary/aromatic N) is 3. The van der Waals surface area contributed by atoms with Crippen LogP contribution in [-0.2, 0) is 19.2 Å². The zero-order valence-corrected chi connectivity index (χ0v) is 17.0. The number of amides is 3. The van der Waals surface area contributed by atoms with Gasteiger partial charge in [0.15, 0.2) is 0 Å². The molecule has 29 heavy (non-hydrogen) atoms. The van der Waals surface area contributed by atoms with E-state index in [9.17, 15) is 24.3 Å². The first kappa shape index (κ1) is 19.5. The first-order valence-corrected chi connectivity index (χ1v) is 10.3. The van der Waals surface area contributed by atoms with E-state index >= 15 is 0 Å². The van der Waals surface area contributed by atoms with Crippen molar-refractivity contribution in [2.75, 3.05) is 5.75 Å². The number of hydrogen-bond donors (Lipinski definition) is 1. The number of β-lactam (4-membered cyclic amide) rings is 1. The lowest BCUT2D eigenvalue weighted by Gasteiger charge is -2.54. The molecule has 1 N–H and O–H groups in total. The molecule has 1 aromatic rings. The van der Waals surface area contributed by atoms with E-state index in [1.54, 1.807) is 45.0 Å². The SMILES string of the molecule is CC1=C(C(=O)O)N2C(=O)C(N3C(=O)[C@@H](c4ccccc4)N(C=O)C3(C)C)[C@H]2SC1. The van der Waals surface area contributed by atoms with Crippen molar-refractivity contribution in [3.8, 4) is 0 Å². The molecule has 0 aliphatic carbocycles. The van der Waals surface area contributed by atoms with E-state index in [2.05, 4.69) is 0 Å². The Morgan fingerprint density at radius 1 is 1.21 bits per heavy atom. The Bertz CT molecular complexity index is 945. The van der Waals surface area contributed by atoms with Gasteiger partial charge in [-0.1, -0.05) is 30.3 Å². The monoisotopic (exact) mass is 415 g/mol. The Balaban J connectivity index is 1.73. The molecule has 3 aliphatic heterocycles. The lowest BCUT2D eigenvalue weighted by atomic mass is 9.98. The van der Waals surface area contributed by atoms with Crippen LogP contribution in [-0.4, -0.2) is 66.8 Å². The lowest BCUT2D eigenvalue weighted by Crippen LogP contribution is -2.73. The second kappa shape index (κ2) is 6.62. The van der Waals surface area contributed by atoms with E-state index in [0.29, 0.717) is 23.3 Å². The van der Waals surface area contributed by atoms with Gasteiger partial charge in [0.2, 0.25) is 6.41 Å². The minimum Gasteiger partial charge on any atom is -0.477 e. The van der Waals surface area contributed by atoms with Crippen LogP contribution in [0.4, 0.5) is 0 Å². The third-order valence-electron chi connectivity index (χ3n) is 5.81. The number of thioether (sulfide) groups is 1. The Labute approximate surface area is 172 Å². The van der Waals surface area contributed by atoms with Crippen LogP contribution >= 0.6 is 11.8 Å². The van der Waals surface area contributed by atoms with Gasteiger partial charge < -0.3 is 14.9 Å². The summed E-state index contributed by atoms with van der Waals surface area (Å²) >= 11 is 1.43. The van der Waals surface area contributed by atoms with E-state index in [0.717, 1.165) is 0 Å². The number of carboxylic acid groups (broad SMARTS) is 1. The van der Waals surface area contributed by atoms with Crippen molar-refractivity contribution in [1.29, 1.82) is 0 Å². The number of fused-ring (bicyclic) bond motifs is 1. The number of hydrogen-bond acceptors (Lipinski definition) is 5. The maximum Gasteiger partial charge on any atom is 0.352 e. The van der Waals surface area contributed by atoms with Crippen LogP contribution in [0.15, 0.2) is 41.6 Å². The third-order valence-corrected chi connectivity index (χ3v) is 7.22. The summed E-state index contributed by atoms with van der Waals surface area (Å²) in [4.78, 5) is 54.2. The maximum absolute atomic E-state index is 13.4. The average molecular weight is 415 g/mol. The zero-order chi connectivity index (χ0) is 21.1. The second-order valence-electron chi connectivity index (χ2n) is 7.82. The molecular formula is C20H21N3O5S. The Morgan fingerprint density at radius 2 is 1.86 bits per heavy atom. The minimum absolute atomic E-state index is 0.00805. The third kappa shape index (κ3) is 2.60. The summed E-state index contributed by atoms with van der Waals surface area (Å²) in [5.41, 5.74) is 0.244. The first-order chi connectivity index (χ1) is 13.7. The van der Waals surface area contributed by atoms with Crippen molar-refractivity contribution in [3.05, 3.63) is 47.2 Å². The van der Waals surface area contributed by atoms with Gasteiger partial charge in [-0.15, -0.1) is 11.8 Å². The summed E-state index contributed by atoms with van der Waals surface area (Å²) in [5.74, 6) is -1.45. The quantitative estimate of drug-likeness (QED) is 0.590. The molecule has 0 saturated carbocycles. The molecule has 4 rings (SSSR count). The molecular weight excluding hydrogens is 394 g/mol. The van der Waals surface area contributed by atoms with Crippen molar-refractivity contribution in [2.45, 2.75) is 43.9 Å². The fourth-order valence-electron chi connectivity index (χ4n) is 4.43. The van der Waals surface area contributed by atoms with E-state index < -0.39 is 35.0 Å². The van der Waals surface area contributed by atoms with Crippen LogP contribution in [0.25, 0.3) is 0 Å². The fourth-order valence-corrected chi connectivity index (χ4v) is 5.76. The molecule has 2 fully saturated rings. The summed E-state index contributed by atoms with van der Waals surface area (Å²) in [5, 5.41) is 9.05. The summed E-state index contributed by atoms with van der Waals surface area (Å²) in [6.45, 7) is 5.15. The predicted octanol–water partition coefficient (Wildman–Crippen LogP) is 1.41. The molecule has 0 aromatic heterocycles. The highest BCUT2D eigenvalue weighted by molar-refractivity contribution is 8.00. The second-order valence-corrected chi connectivity index (χ2v) is 8.92. The largest absolute Gasteiger partial charge is 0.477 e. The van der Waals surface area contributed by atoms with Gasteiger partial charge in [-0.25, -0.2) is 4.79 Å². The van der Waals surface area contributed by atoms with Crippen LogP contribution in [0.2, 0.25) is 0 Å². The summed E-state index contributed by atoms with van der Waals surface area (Å²) in [6.07, 6.45) is 0.636.